The van der Waals surface area contributed by atoms with Crippen molar-refractivity contribution in [2.45, 2.75) is 13.0 Å². The predicted octanol–water partition coefficient (Wildman–Crippen LogP) is 0.894. The van der Waals surface area contributed by atoms with Gasteiger partial charge in [0.1, 0.15) is 6.42 Å². The molecule has 1 aliphatic rings. The molecule has 1 saturated heterocycles. The molecule has 0 aliphatic carbocycles. The molecule has 108 valence electrons. The number of rotatable bonds is 4. The Labute approximate surface area is 119 Å². The SMILES string of the molecule is COC(=O)CC(=O)N1CCN(Cc2ccccc2)CC1. The zero-order valence-electron chi connectivity index (χ0n) is 11.7. The highest BCUT2D eigenvalue weighted by Gasteiger charge is 2.22. The maximum Gasteiger partial charge on any atom is 0.315 e. The Morgan fingerprint density at radius 2 is 1.75 bits per heavy atom. The molecular weight excluding hydrogens is 256 g/mol. The number of methoxy groups -OCH3 is 1. The zero-order valence-corrected chi connectivity index (χ0v) is 11.7. The van der Waals surface area contributed by atoms with E-state index < -0.39 is 5.97 Å². The molecule has 1 amide bonds. The Hall–Kier alpha value is -1.88. The summed E-state index contributed by atoms with van der Waals surface area (Å²) >= 11 is 0. The number of hydrogen-bond donors (Lipinski definition) is 0. The minimum Gasteiger partial charge on any atom is -0.469 e. The van der Waals surface area contributed by atoms with Crippen LogP contribution in [0.5, 0.6) is 0 Å². The van der Waals surface area contributed by atoms with E-state index in [4.69, 9.17) is 0 Å². The highest BCUT2D eigenvalue weighted by atomic mass is 16.5. The fourth-order valence-corrected chi connectivity index (χ4v) is 2.30. The van der Waals surface area contributed by atoms with E-state index in [-0.39, 0.29) is 12.3 Å². The predicted molar refractivity (Wildman–Crippen MR) is 74.9 cm³/mol. The fraction of sp³-hybridized carbons (Fsp3) is 0.467. The highest BCUT2D eigenvalue weighted by molar-refractivity contribution is 5.94. The van der Waals surface area contributed by atoms with Crippen LogP contribution in [0.4, 0.5) is 0 Å². The first-order valence-corrected chi connectivity index (χ1v) is 6.80. The number of carbonyl (C=O) groups is 2. The van der Waals surface area contributed by atoms with Crippen LogP contribution in [0, 0.1) is 0 Å². The molecule has 0 unspecified atom stereocenters. The lowest BCUT2D eigenvalue weighted by atomic mass is 10.2. The quantitative estimate of drug-likeness (QED) is 0.605. The summed E-state index contributed by atoms with van der Waals surface area (Å²) in [5.41, 5.74) is 1.28. The first-order chi connectivity index (χ1) is 9.69. The van der Waals surface area contributed by atoms with Gasteiger partial charge in [0.2, 0.25) is 5.91 Å². The number of benzene rings is 1. The maximum atomic E-state index is 11.8. The van der Waals surface area contributed by atoms with Crippen LogP contribution < -0.4 is 0 Å². The Balaban J connectivity index is 1.77. The van der Waals surface area contributed by atoms with Crippen LogP contribution in [-0.2, 0) is 20.9 Å². The van der Waals surface area contributed by atoms with Gasteiger partial charge < -0.3 is 9.64 Å². The smallest absolute Gasteiger partial charge is 0.315 e. The van der Waals surface area contributed by atoms with E-state index in [1.165, 1.54) is 12.7 Å². The van der Waals surface area contributed by atoms with Crippen LogP contribution in [-0.4, -0.2) is 55.0 Å². The number of ether oxygens (including phenoxy) is 1. The van der Waals surface area contributed by atoms with Crippen LogP contribution in [0.25, 0.3) is 0 Å². The standard InChI is InChI=1S/C15H20N2O3/c1-20-15(19)11-14(18)17-9-7-16(8-10-17)12-13-5-3-2-4-6-13/h2-6H,7-12H2,1H3. The Bertz CT molecular complexity index is 453. The van der Waals surface area contributed by atoms with Crippen molar-refractivity contribution in [3.8, 4) is 0 Å². The number of amides is 1. The van der Waals surface area contributed by atoms with Crippen molar-refractivity contribution in [2.75, 3.05) is 33.3 Å². The van der Waals surface area contributed by atoms with Crippen molar-refractivity contribution >= 4 is 11.9 Å². The molecule has 0 radical (unpaired) electrons. The molecule has 1 heterocycles. The molecule has 5 heteroatoms. The second-order valence-corrected chi connectivity index (χ2v) is 4.90. The normalized spacial score (nSPS) is 15.9. The average molecular weight is 276 g/mol. The molecule has 1 aromatic carbocycles. The van der Waals surface area contributed by atoms with Crippen molar-refractivity contribution in [1.29, 1.82) is 0 Å². The number of nitrogens with zero attached hydrogens (tertiary/aromatic N) is 2. The van der Waals surface area contributed by atoms with E-state index in [9.17, 15) is 9.59 Å². The lowest BCUT2D eigenvalue weighted by molar-refractivity contribution is -0.147. The summed E-state index contributed by atoms with van der Waals surface area (Å²) in [6, 6.07) is 10.3. The molecule has 0 atom stereocenters. The lowest BCUT2D eigenvalue weighted by Gasteiger charge is -2.34. The molecule has 0 saturated carbocycles. The number of piperazine rings is 1. The summed E-state index contributed by atoms with van der Waals surface area (Å²) in [5.74, 6) is -0.613. The van der Waals surface area contributed by atoms with Crippen LogP contribution >= 0.6 is 0 Å². The van der Waals surface area contributed by atoms with Crippen molar-refractivity contribution in [3.05, 3.63) is 35.9 Å². The molecule has 0 aromatic heterocycles. The van der Waals surface area contributed by atoms with E-state index in [0.29, 0.717) is 13.1 Å². The molecule has 2 rings (SSSR count). The number of esters is 1. The van der Waals surface area contributed by atoms with Gasteiger partial charge in [-0.05, 0) is 5.56 Å². The van der Waals surface area contributed by atoms with E-state index >= 15 is 0 Å². The van der Waals surface area contributed by atoms with Crippen LogP contribution in [0.1, 0.15) is 12.0 Å². The van der Waals surface area contributed by atoms with E-state index in [2.05, 4.69) is 21.8 Å². The second-order valence-electron chi connectivity index (χ2n) is 4.90. The van der Waals surface area contributed by atoms with Crippen LogP contribution in [0.3, 0.4) is 0 Å². The lowest BCUT2D eigenvalue weighted by Crippen LogP contribution is -2.48. The molecular formula is C15H20N2O3. The van der Waals surface area contributed by atoms with E-state index in [1.54, 1.807) is 4.90 Å². The zero-order chi connectivity index (χ0) is 14.4. The Morgan fingerprint density at radius 3 is 2.35 bits per heavy atom. The van der Waals surface area contributed by atoms with Gasteiger partial charge in [-0.25, -0.2) is 0 Å². The molecule has 1 aliphatic heterocycles. The number of hydrogen-bond acceptors (Lipinski definition) is 4. The largest absolute Gasteiger partial charge is 0.469 e. The van der Waals surface area contributed by atoms with E-state index in [1.807, 2.05) is 18.2 Å². The van der Waals surface area contributed by atoms with Crippen molar-refractivity contribution in [2.24, 2.45) is 0 Å². The van der Waals surface area contributed by atoms with Crippen LogP contribution in [0.2, 0.25) is 0 Å². The van der Waals surface area contributed by atoms with Gasteiger partial charge in [0.05, 0.1) is 7.11 Å². The molecule has 5 nitrogen and oxygen atoms in total. The molecule has 1 aromatic rings. The van der Waals surface area contributed by atoms with Gasteiger partial charge in [-0.15, -0.1) is 0 Å². The first kappa shape index (κ1) is 14.5. The third kappa shape index (κ3) is 4.06. The molecule has 0 N–H and O–H groups in total. The minimum atomic E-state index is -0.471. The first-order valence-electron chi connectivity index (χ1n) is 6.80. The summed E-state index contributed by atoms with van der Waals surface area (Å²) in [6.07, 6.45) is -0.158. The summed E-state index contributed by atoms with van der Waals surface area (Å²) < 4.78 is 4.51. The van der Waals surface area contributed by atoms with Gasteiger partial charge in [-0.2, -0.15) is 0 Å². The van der Waals surface area contributed by atoms with Gasteiger partial charge in [-0.1, -0.05) is 30.3 Å². The van der Waals surface area contributed by atoms with Crippen molar-refractivity contribution in [1.82, 2.24) is 9.80 Å². The van der Waals surface area contributed by atoms with Gasteiger partial charge in [0.25, 0.3) is 0 Å². The average Bonchev–Trinajstić information content (AvgIpc) is 2.49. The topological polar surface area (TPSA) is 49.9 Å². The molecule has 0 spiro atoms. The minimum absolute atomic E-state index is 0.142. The van der Waals surface area contributed by atoms with E-state index in [0.717, 1.165) is 19.6 Å². The van der Waals surface area contributed by atoms with Crippen LogP contribution in [0.15, 0.2) is 30.3 Å². The van der Waals surface area contributed by atoms with Gasteiger partial charge in [0, 0.05) is 32.7 Å². The van der Waals surface area contributed by atoms with Crippen molar-refractivity contribution < 1.29 is 14.3 Å². The Kier molecular flexibility index (Phi) is 5.12. The highest BCUT2D eigenvalue weighted by Crippen LogP contribution is 2.09. The van der Waals surface area contributed by atoms with Gasteiger partial charge in [0.15, 0.2) is 0 Å². The summed E-state index contributed by atoms with van der Waals surface area (Å²) in [4.78, 5) is 27.0. The van der Waals surface area contributed by atoms with Gasteiger partial charge in [-0.3, -0.25) is 14.5 Å². The third-order valence-electron chi connectivity index (χ3n) is 3.50. The fourth-order valence-electron chi connectivity index (χ4n) is 2.30. The molecule has 1 fully saturated rings. The summed E-state index contributed by atoms with van der Waals surface area (Å²) in [7, 11) is 1.30. The third-order valence-corrected chi connectivity index (χ3v) is 3.50. The molecule has 20 heavy (non-hydrogen) atoms. The second kappa shape index (κ2) is 7.05. The van der Waals surface area contributed by atoms with Gasteiger partial charge >= 0.3 is 5.97 Å². The van der Waals surface area contributed by atoms with Crippen molar-refractivity contribution in [3.63, 3.8) is 0 Å². The summed E-state index contributed by atoms with van der Waals surface area (Å²) in [6.45, 7) is 3.91. The molecule has 0 bridgehead atoms. The maximum absolute atomic E-state index is 11.8. The Morgan fingerprint density at radius 1 is 1.10 bits per heavy atom. The number of carbonyl (C=O) groups excluding carboxylic acids is 2. The monoisotopic (exact) mass is 276 g/mol. The summed E-state index contributed by atoms with van der Waals surface area (Å²) in [5, 5.41) is 0.